The molecule has 1 aromatic carbocycles. The molecular weight excluding hydrogens is 240 g/mol. The predicted octanol–water partition coefficient (Wildman–Crippen LogP) is 3.62. The Kier molecular flexibility index (Phi) is 3.12. The van der Waals surface area contributed by atoms with Gasteiger partial charge in [-0.05, 0) is 43.9 Å². The first-order valence-electron chi connectivity index (χ1n) is 6.70. The number of rotatable bonds is 3. The van der Waals surface area contributed by atoms with Crippen LogP contribution in [0.4, 0.5) is 0 Å². The second-order valence-corrected chi connectivity index (χ2v) is 6.91. The van der Waals surface area contributed by atoms with E-state index in [0.717, 1.165) is 11.9 Å². The molecule has 1 fully saturated rings. The molecule has 96 valence electrons. The normalized spacial score (nSPS) is 28.0. The van der Waals surface area contributed by atoms with Gasteiger partial charge < -0.3 is 5.32 Å². The highest BCUT2D eigenvalue weighted by molar-refractivity contribution is 7.18. The summed E-state index contributed by atoms with van der Waals surface area (Å²) in [7, 11) is 2.08. The maximum absolute atomic E-state index is 4.77. The molecule has 1 aromatic heterocycles. The summed E-state index contributed by atoms with van der Waals surface area (Å²) < 4.78 is 1.32. The van der Waals surface area contributed by atoms with Crippen LogP contribution >= 0.6 is 11.3 Å². The van der Waals surface area contributed by atoms with Gasteiger partial charge in [-0.25, -0.2) is 4.98 Å². The van der Waals surface area contributed by atoms with Gasteiger partial charge in [0, 0.05) is 12.5 Å². The van der Waals surface area contributed by atoms with Crippen molar-refractivity contribution < 1.29 is 0 Å². The Hall–Kier alpha value is -0.930. The zero-order valence-corrected chi connectivity index (χ0v) is 11.9. The minimum absolute atomic E-state index is 0.432. The van der Waals surface area contributed by atoms with Crippen LogP contribution in [0.2, 0.25) is 0 Å². The summed E-state index contributed by atoms with van der Waals surface area (Å²) in [5, 5.41) is 4.72. The summed E-state index contributed by atoms with van der Waals surface area (Å²) in [6, 6.07) is 9.15. The molecule has 1 N–H and O–H groups in total. The highest BCUT2D eigenvalue weighted by Crippen LogP contribution is 2.41. The van der Waals surface area contributed by atoms with E-state index in [0.29, 0.717) is 11.5 Å². The number of thiazole rings is 1. The average Bonchev–Trinajstić information content (AvgIpc) is 2.92. The van der Waals surface area contributed by atoms with Gasteiger partial charge >= 0.3 is 0 Å². The van der Waals surface area contributed by atoms with E-state index in [1.165, 1.54) is 29.0 Å². The van der Waals surface area contributed by atoms with Crippen molar-refractivity contribution in [1.29, 1.82) is 0 Å². The van der Waals surface area contributed by atoms with E-state index in [-0.39, 0.29) is 0 Å². The number of aromatic nitrogens is 1. The van der Waals surface area contributed by atoms with Gasteiger partial charge in [-0.15, -0.1) is 11.3 Å². The van der Waals surface area contributed by atoms with Crippen molar-refractivity contribution in [2.45, 2.75) is 38.6 Å². The number of nitrogens with zero attached hydrogens (tertiary/aromatic N) is 1. The molecule has 2 nitrogen and oxygen atoms in total. The zero-order chi connectivity index (χ0) is 12.6. The first-order chi connectivity index (χ1) is 8.68. The third-order valence-corrected chi connectivity index (χ3v) is 5.20. The number of hydrogen-bond acceptors (Lipinski definition) is 3. The number of benzene rings is 1. The molecule has 1 saturated carbocycles. The fraction of sp³-hybridized carbons (Fsp3) is 0.533. The third-order valence-electron chi connectivity index (χ3n) is 4.16. The number of hydrogen-bond donors (Lipinski definition) is 1. The van der Waals surface area contributed by atoms with Crippen molar-refractivity contribution >= 4 is 21.6 Å². The molecule has 0 bridgehead atoms. The SMILES string of the molecule is CNC1CCC(C)(Cc2nc3ccccc3s2)C1. The third kappa shape index (κ3) is 2.29. The lowest BCUT2D eigenvalue weighted by atomic mass is 9.85. The summed E-state index contributed by atoms with van der Waals surface area (Å²) >= 11 is 1.86. The summed E-state index contributed by atoms with van der Waals surface area (Å²) in [5.74, 6) is 0. The molecule has 3 rings (SSSR count). The second kappa shape index (κ2) is 4.63. The van der Waals surface area contributed by atoms with Crippen LogP contribution in [-0.4, -0.2) is 18.1 Å². The van der Waals surface area contributed by atoms with Crippen LogP contribution in [0.15, 0.2) is 24.3 Å². The second-order valence-electron chi connectivity index (χ2n) is 5.79. The molecule has 1 heterocycles. The van der Waals surface area contributed by atoms with E-state index < -0.39 is 0 Å². The number of para-hydroxylation sites is 1. The number of fused-ring (bicyclic) bond motifs is 1. The Balaban J connectivity index is 1.80. The summed E-state index contributed by atoms with van der Waals surface area (Å²) in [4.78, 5) is 4.77. The first kappa shape index (κ1) is 12.1. The Bertz CT molecular complexity index is 515. The van der Waals surface area contributed by atoms with Crippen LogP contribution in [0.25, 0.3) is 10.2 Å². The highest BCUT2D eigenvalue weighted by atomic mass is 32.1. The Morgan fingerprint density at radius 3 is 3.00 bits per heavy atom. The van der Waals surface area contributed by atoms with Gasteiger partial charge in [0.25, 0.3) is 0 Å². The standard InChI is InChI=1S/C15H20N2S/c1-15(8-7-11(9-15)16-2)10-14-17-12-5-3-4-6-13(12)18-14/h3-6,11,16H,7-10H2,1-2H3. The topological polar surface area (TPSA) is 24.9 Å². The molecule has 18 heavy (non-hydrogen) atoms. The lowest BCUT2D eigenvalue weighted by Gasteiger charge is -2.22. The lowest BCUT2D eigenvalue weighted by Crippen LogP contribution is -2.24. The van der Waals surface area contributed by atoms with Crippen LogP contribution in [0, 0.1) is 5.41 Å². The molecule has 0 aliphatic heterocycles. The number of nitrogens with one attached hydrogen (secondary N) is 1. The van der Waals surface area contributed by atoms with E-state index in [1.54, 1.807) is 0 Å². The molecule has 1 aliphatic rings. The van der Waals surface area contributed by atoms with Crippen molar-refractivity contribution in [2.75, 3.05) is 7.05 Å². The maximum Gasteiger partial charge on any atom is 0.0944 e. The average molecular weight is 260 g/mol. The molecule has 3 heteroatoms. The minimum Gasteiger partial charge on any atom is -0.317 e. The maximum atomic E-state index is 4.77. The van der Waals surface area contributed by atoms with Gasteiger partial charge in [0.1, 0.15) is 0 Å². The molecule has 1 aliphatic carbocycles. The molecule has 0 saturated heterocycles. The first-order valence-corrected chi connectivity index (χ1v) is 7.52. The lowest BCUT2D eigenvalue weighted by molar-refractivity contribution is 0.324. The fourth-order valence-electron chi connectivity index (χ4n) is 3.09. The largest absolute Gasteiger partial charge is 0.317 e. The zero-order valence-electron chi connectivity index (χ0n) is 11.1. The summed E-state index contributed by atoms with van der Waals surface area (Å²) in [6.45, 7) is 2.41. The van der Waals surface area contributed by atoms with Gasteiger partial charge in [-0.1, -0.05) is 19.1 Å². The van der Waals surface area contributed by atoms with Crippen LogP contribution in [0.3, 0.4) is 0 Å². The summed E-state index contributed by atoms with van der Waals surface area (Å²) in [6.07, 6.45) is 5.02. The molecule has 2 unspecified atom stereocenters. The van der Waals surface area contributed by atoms with Gasteiger partial charge in [0.15, 0.2) is 0 Å². The van der Waals surface area contributed by atoms with Crippen molar-refractivity contribution in [1.82, 2.24) is 10.3 Å². The van der Waals surface area contributed by atoms with E-state index >= 15 is 0 Å². The molecule has 0 spiro atoms. The summed E-state index contributed by atoms with van der Waals surface area (Å²) in [5.41, 5.74) is 1.59. The van der Waals surface area contributed by atoms with Crippen LogP contribution < -0.4 is 5.32 Å². The van der Waals surface area contributed by atoms with Crippen LogP contribution in [0.5, 0.6) is 0 Å². The fourth-order valence-corrected chi connectivity index (χ4v) is 4.27. The molecular formula is C15H20N2S. The van der Waals surface area contributed by atoms with E-state index in [4.69, 9.17) is 4.98 Å². The quantitative estimate of drug-likeness (QED) is 0.911. The van der Waals surface area contributed by atoms with Crippen molar-refractivity contribution in [3.63, 3.8) is 0 Å². The highest BCUT2D eigenvalue weighted by Gasteiger charge is 2.35. The molecule has 2 atom stereocenters. The van der Waals surface area contributed by atoms with Gasteiger partial charge in [-0.3, -0.25) is 0 Å². The minimum atomic E-state index is 0.432. The van der Waals surface area contributed by atoms with Crippen molar-refractivity contribution in [3.05, 3.63) is 29.3 Å². The van der Waals surface area contributed by atoms with E-state index in [9.17, 15) is 0 Å². The molecule has 0 amide bonds. The van der Waals surface area contributed by atoms with Crippen molar-refractivity contribution in [2.24, 2.45) is 5.41 Å². The Labute approximate surface area is 112 Å². The van der Waals surface area contributed by atoms with Crippen LogP contribution in [-0.2, 0) is 6.42 Å². The smallest absolute Gasteiger partial charge is 0.0944 e. The van der Waals surface area contributed by atoms with Gasteiger partial charge in [0.05, 0.1) is 15.2 Å². The van der Waals surface area contributed by atoms with E-state index in [1.807, 2.05) is 11.3 Å². The monoisotopic (exact) mass is 260 g/mol. The van der Waals surface area contributed by atoms with Gasteiger partial charge in [-0.2, -0.15) is 0 Å². The predicted molar refractivity (Wildman–Crippen MR) is 78.1 cm³/mol. The molecule has 2 aromatic rings. The molecule has 0 radical (unpaired) electrons. The van der Waals surface area contributed by atoms with Crippen LogP contribution in [0.1, 0.15) is 31.2 Å². The van der Waals surface area contributed by atoms with E-state index in [2.05, 4.69) is 43.6 Å². The Morgan fingerprint density at radius 1 is 1.44 bits per heavy atom. The van der Waals surface area contributed by atoms with Crippen molar-refractivity contribution in [3.8, 4) is 0 Å². The van der Waals surface area contributed by atoms with Gasteiger partial charge in [0.2, 0.25) is 0 Å². The Morgan fingerprint density at radius 2 is 2.28 bits per heavy atom.